The summed E-state index contributed by atoms with van der Waals surface area (Å²) in [4.78, 5) is 11.2. The van der Waals surface area contributed by atoms with Gasteiger partial charge in [0.2, 0.25) is 0 Å². The molecule has 3 heteroatoms. The normalized spacial score (nSPS) is 12.3. The predicted molar refractivity (Wildman–Crippen MR) is 57.6 cm³/mol. The summed E-state index contributed by atoms with van der Waals surface area (Å²) in [5.74, 6) is -0.620. The minimum absolute atomic E-state index is 0.620. The fourth-order valence-electron chi connectivity index (χ4n) is 1.85. The van der Waals surface area contributed by atoms with E-state index in [0.29, 0.717) is 5.56 Å². The molecular formula is C12H16O3. The van der Waals surface area contributed by atoms with E-state index in [1.54, 1.807) is 0 Å². The van der Waals surface area contributed by atoms with Crippen molar-refractivity contribution in [1.82, 2.24) is 0 Å². The summed E-state index contributed by atoms with van der Waals surface area (Å²) in [6.45, 7) is 5.73. The number of carbonyl (C=O) groups is 1. The lowest BCUT2D eigenvalue weighted by molar-refractivity contribution is -0.150. The fourth-order valence-corrected chi connectivity index (χ4v) is 1.85. The van der Waals surface area contributed by atoms with Crippen LogP contribution in [0.15, 0.2) is 12.1 Å². The van der Waals surface area contributed by atoms with Gasteiger partial charge >= 0.3 is 5.97 Å². The van der Waals surface area contributed by atoms with Crippen LogP contribution in [-0.2, 0) is 9.53 Å². The van der Waals surface area contributed by atoms with Crippen molar-refractivity contribution >= 4 is 5.97 Å². The summed E-state index contributed by atoms with van der Waals surface area (Å²) in [7, 11) is 1.27. The summed E-state index contributed by atoms with van der Waals surface area (Å²) in [5, 5.41) is 9.77. The molecule has 0 spiro atoms. The molecule has 0 aromatic heterocycles. The largest absolute Gasteiger partial charge is 0.467 e. The Bertz CT molecular complexity index is 359. The van der Waals surface area contributed by atoms with Gasteiger partial charge in [-0.1, -0.05) is 17.7 Å². The molecule has 0 heterocycles. The summed E-state index contributed by atoms with van der Waals surface area (Å²) in [6.07, 6.45) is -1.18. The molecule has 0 aliphatic carbocycles. The van der Waals surface area contributed by atoms with E-state index in [1.165, 1.54) is 7.11 Å². The van der Waals surface area contributed by atoms with Crippen LogP contribution in [0.5, 0.6) is 0 Å². The molecule has 1 unspecified atom stereocenters. The van der Waals surface area contributed by atoms with Gasteiger partial charge in [-0.05, 0) is 37.5 Å². The molecule has 0 radical (unpaired) electrons. The van der Waals surface area contributed by atoms with Crippen molar-refractivity contribution < 1.29 is 14.6 Å². The highest BCUT2D eigenvalue weighted by Crippen LogP contribution is 2.24. The first-order chi connectivity index (χ1) is 6.97. The van der Waals surface area contributed by atoms with Crippen LogP contribution >= 0.6 is 0 Å². The van der Waals surface area contributed by atoms with Crippen molar-refractivity contribution in [3.05, 3.63) is 34.4 Å². The SMILES string of the molecule is COC(=O)C(O)c1c(C)cc(C)cc1C. The number of aryl methyl sites for hydroxylation is 3. The monoisotopic (exact) mass is 208 g/mol. The number of aliphatic hydroxyl groups excluding tert-OH is 1. The molecule has 0 amide bonds. The molecule has 0 saturated carbocycles. The van der Waals surface area contributed by atoms with Crippen LogP contribution in [0.4, 0.5) is 0 Å². The topological polar surface area (TPSA) is 46.5 Å². The zero-order valence-electron chi connectivity index (χ0n) is 9.50. The molecule has 1 rings (SSSR count). The first-order valence-electron chi connectivity index (χ1n) is 4.81. The Kier molecular flexibility index (Phi) is 3.48. The van der Waals surface area contributed by atoms with Gasteiger partial charge in [0.05, 0.1) is 7.11 Å². The lowest BCUT2D eigenvalue weighted by atomic mass is 9.96. The van der Waals surface area contributed by atoms with Crippen molar-refractivity contribution in [2.75, 3.05) is 7.11 Å². The molecule has 0 bridgehead atoms. The van der Waals surface area contributed by atoms with E-state index in [-0.39, 0.29) is 0 Å². The number of carbonyl (C=O) groups excluding carboxylic acids is 1. The maximum atomic E-state index is 11.2. The number of methoxy groups -OCH3 is 1. The lowest BCUT2D eigenvalue weighted by Crippen LogP contribution is -2.16. The van der Waals surface area contributed by atoms with Crippen molar-refractivity contribution in [2.45, 2.75) is 26.9 Å². The highest BCUT2D eigenvalue weighted by molar-refractivity contribution is 5.77. The Labute approximate surface area is 89.7 Å². The van der Waals surface area contributed by atoms with Crippen molar-refractivity contribution in [3.63, 3.8) is 0 Å². The van der Waals surface area contributed by atoms with E-state index < -0.39 is 12.1 Å². The zero-order chi connectivity index (χ0) is 11.6. The second kappa shape index (κ2) is 4.45. The maximum Gasteiger partial charge on any atom is 0.339 e. The van der Waals surface area contributed by atoms with Gasteiger partial charge in [-0.3, -0.25) is 0 Å². The molecule has 0 aliphatic heterocycles. The van der Waals surface area contributed by atoms with Crippen LogP contribution in [0.3, 0.4) is 0 Å². The van der Waals surface area contributed by atoms with E-state index in [9.17, 15) is 9.90 Å². The molecule has 0 saturated heterocycles. The van der Waals surface area contributed by atoms with E-state index >= 15 is 0 Å². The molecule has 3 nitrogen and oxygen atoms in total. The minimum atomic E-state index is -1.18. The van der Waals surface area contributed by atoms with Gasteiger partial charge in [-0.15, -0.1) is 0 Å². The highest BCUT2D eigenvalue weighted by atomic mass is 16.5. The second-order valence-corrected chi connectivity index (χ2v) is 3.74. The molecule has 1 atom stereocenters. The minimum Gasteiger partial charge on any atom is -0.467 e. The van der Waals surface area contributed by atoms with Crippen molar-refractivity contribution in [1.29, 1.82) is 0 Å². The average molecular weight is 208 g/mol. The van der Waals surface area contributed by atoms with Crippen LogP contribution in [0.25, 0.3) is 0 Å². The van der Waals surface area contributed by atoms with E-state index in [1.807, 2.05) is 32.9 Å². The number of hydrogen-bond acceptors (Lipinski definition) is 3. The van der Waals surface area contributed by atoms with Gasteiger partial charge in [0.15, 0.2) is 6.10 Å². The quantitative estimate of drug-likeness (QED) is 0.754. The Morgan fingerprint density at radius 3 is 2.13 bits per heavy atom. The first-order valence-corrected chi connectivity index (χ1v) is 4.81. The number of ether oxygens (including phenoxy) is 1. The Morgan fingerprint density at radius 1 is 1.27 bits per heavy atom. The molecule has 0 aliphatic rings. The van der Waals surface area contributed by atoms with Crippen LogP contribution in [-0.4, -0.2) is 18.2 Å². The third-order valence-corrected chi connectivity index (χ3v) is 2.44. The van der Waals surface area contributed by atoms with Crippen LogP contribution < -0.4 is 0 Å². The van der Waals surface area contributed by atoms with Crippen LogP contribution in [0.1, 0.15) is 28.4 Å². The van der Waals surface area contributed by atoms with E-state index in [2.05, 4.69) is 4.74 Å². The van der Waals surface area contributed by atoms with E-state index in [0.717, 1.165) is 16.7 Å². The number of esters is 1. The summed E-state index contributed by atoms with van der Waals surface area (Å²) in [5.41, 5.74) is 3.58. The molecule has 1 aromatic carbocycles. The summed E-state index contributed by atoms with van der Waals surface area (Å²) >= 11 is 0. The first kappa shape index (κ1) is 11.7. The second-order valence-electron chi connectivity index (χ2n) is 3.74. The van der Waals surface area contributed by atoms with Gasteiger partial charge in [0.1, 0.15) is 0 Å². The number of benzene rings is 1. The van der Waals surface area contributed by atoms with Gasteiger partial charge in [-0.25, -0.2) is 4.79 Å². The molecule has 1 aromatic rings. The Hall–Kier alpha value is -1.35. The predicted octanol–water partition coefficient (Wildman–Crippen LogP) is 1.82. The Balaban J connectivity index is 3.19. The van der Waals surface area contributed by atoms with Crippen LogP contribution in [0, 0.1) is 20.8 Å². The molecule has 0 fully saturated rings. The van der Waals surface area contributed by atoms with Crippen molar-refractivity contribution in [2.24, 2.45) is 0 Å². The molecule has 82 valence electrons. The molecule has 15 heavy (non-hydrogen) atoms. The van der Waals surface area contributed by atoms with E-state index in [4.69, 9.17) is 0 Å². The summed E-state index contributed by atoms with van der Waals surface area (Å²) in [6, 6.07) is 3.88. The van der Waals surface area contributed by atoms with Gasteiger partial charge in [0.25, 0.3) is 0 Å². The number of rotatable bonds is 2. The Morgan fingerprint density at radius 2 is 1.73 bits per heavy atom. The lowest BCUT2D eigenvalue weighted by Gasteiger charge is -2.15. The smallest absolute Gasteiger partial charge is 0.339 e. The van der Waals surface area contributed by atoms with Crippen LogP contribution in [0.2, 0.25) is 0 Å². The number of aliphatic hydroxyl groups is 1. The average Bonchev–Trinajstić information content (AvgIpc) is 2.14. The van der Waals surface area contributed by atoms with Gasteiger partial charge < -0.3 is 9.84 Å². The number of hydrogen-bond donors (Lipinski definition) is 1. The highest BCUT2D eigenvalue weighted by Gasteiger charge is 2.21. The fraction of sp³-hybridized carbons (Fsp3) is 0.417. The summed E-state index contributed by atoms with van der Waals surface area (Å²) < 4.78 is 4.52. The third kappa shape index (κ3) is 2.36. The maximum absolute atomic E-state index is 11.2. The van der Waals surface area contributed by atoms with Gasteiger partial charge in [0, 0.05) is 0 Å². The molecule has 1 N–H and O–H groups in total. The third-order valence-electron chi connectivity index (χ3n) is 2.44. The zero-order valence-corrected chi connectivity index (χ0v) is 9.50. The molecular weight excluding hydrogens is 192 g/mol. The van der Waals surface area contributed by atoms with Gasteiger partial charge in [-0.2, -0.15) is 0 Å². The van der Waals surface area contributed by atoms with Crippen molar-refractivity contribution in [3.8, 4) is 0 Å². The standard InChI is InChI=1S/C12H16O3/c1-7-5-8(2)10(9(3)6-7)11(13)12(14)15-4/h5-6,11,13H,1-4H3.